The van der Waals surface area contributed by atoms with Crippen LogP contribution in [0.2, 0.25) is 0 Å². The number of rotatable bonds is 5. The van der Waals surface area contributed by atoms with E-state index in [2.05, 4.69) is 10.6 Å². The molecule has 1 heterocycles. The Hall–Kier alpha value is -2.80. The molecule has 7 heteroatoms. The summed E-state index contributed by atoms with van der Waals surface area (Å²) in [5, 5.41) is 6.22. The van der Waals surface area contributed by atoms with Gasteiger partial charge in [-0.1, -0.05) is 30.4 Å². The summed E-state index contributed by atoms with van der Waals surface area (Å²) < 4.78 is 16.6. The molecular weight excluding hydrogens is 400 g/mol. The second-order valence-corrected chi connectivity index (χ2v) is 8.70. The molecule has 2 unspecified atom stereocenters. The largest absolute Gasteiger partial charge is 0.497 e. The molecule has 6 nitrogen and oxygen atoms in total. The quantitative estimate of drug-likeness (QED) is 0.652. The number of thiocarbonyl (C=S) groups is 1. The summed E-state index contributed by atoms with van der Waals surface area (Å²) in [7, 11) is 1.63. The van der Waals surface area contributed by atoms with Gasteiger partial charge in [-0.25, -0.2) is 4.79 Å². The maximum absolute atomic E-state index is 12.5. The van der Waals surface area contributed by atoms with Gasteiger partial charge in [-0.15, -0.1) is 0 Å². The van der Waals surface area contributed by atoms with E-state index in [1.807, 2.05) is 70.2 Å². The number of nitrogens with one attached hydrogen (secondary N) is 2. The van der Waals surface area contributed by atoms with Gasteiger partial charge >= 0.3 is 6.09 Å². The minimum absolute atomic E-state index is 0.173. The van der Waals surface area contributed by atoms with Crippen LogP contribution in [0.5, 0.6) is 11.5 Å². The lowest BCUT2D eigenvalue weighted by atomic mass is 9.98. The number of anilines is 1. The van der Waals surface area contributed by atoms with Crippen molar-refractivity contribution in [2.45, 2.75) is 51.9 Å². The Labute approximate surface area is 182 Å². The molecule has 1 amide bonds. The van der Waals surface area contributed by atoms with E-state index in [4.69, 9.17) is 26.4 Å². The molecule has 0 saturated carbocycles. The van der Waals surface area contributed by atoms with E-state index < -0.39 is 11.7 Å². The molecule has 0 bridgehead atoms. The van der Waals surface area contributed by atoms with Crippen LogP contribution in [0.25, 0.3) is 0 Å². The van der Waals surface area contributed by atoms with Gasteiger partial charge in [0.25, 0.3) is 0 Å². The second kappa shape index (κ2) is 8.92. The van der Waals surface area contributed by atoms with Crippen molar-refractivity contribution in [1.82, 2.24) is 5.32 Å². The molecule has 160 valence electrons. The number of carbonyl (C=O) groups is 1. The van der Waals surface area contributed by atoms with E-state index >= 15 is 0 Å². The van der Waals surface area contributed by atoms with E-state index in [-0.39, 0.29) is 12.1 Å². The van der Waals surface area contributed by atoms with E-state index in [0.29, 0.717) is 11.4 Å². The fraction of sp³-hybridized carbons (Fsp3) is 0.391. The van der Waals surface area contributed by atoms with Crippen molar-refractivity contribution in [2.75, 3.05) is 12.4 Å². The summed E-state index contributed by atoms with van der Waals surface area (Å²) in [6, 6.07) is 13.3. The zero-order chi connectivity index (χ0) is 21.9. The molecule has 3 rings (SSSR count). The van der Waals surface area contributed by atoms with Crippen molar-refractivity contribution in [2.24, 2.45) is 0 Å². The van der Waals surface area contributed by atoms with Crippen LogP contribution in [0.4, 0.5) is 10.5 Å². The second-order valence-electron chi connectivity index (χ2n) is 8.26. The number of hydrogen-bond donors (Lipinski definition) is 2. The minimum atomic E-state index is -0.581. The van der Waals surface area contributed by atoms with Gasteiger partial charge in [0.05, 0.1) is 18.8 Å². The van der Waals surface area contributed by atoms with Crippen LogP contribution in [-0.2, 0) is 11.2 Å². The molecule has 2 aromatic carbocycles. The maximum atomic E-state index is 12.5. The molecular formula is C23H28N2O4S. The predicted octanol–water partition coefficient (Wildman–Crippen LogP) is 5.02. The van der Waals surface area contributed by atoms with Crippen LogP contribution in [0.3, 0.4) is 0 Å². The Bertz CT molecular complexity index is 922. The molecule has 2 N–H and O–H groups in total. The monoisotopic (exact) mass is 428 g/mol. The lowest BCUT2D eigenvalue weighted by Gasteiger charge is -2.28. The molecule has 2 atom stereocenters. The van der Waals surface area contributed by atoms with E-state index in [9.17, 15) is 4.79 Å². The SMILES string of the molecule is COc1ccc(CC(NC(=O)OC(C)(C)C)c2ccc3c(c2)NC(=S)C(C)O3)cc1. The van der Waals surface area contributed by atoms with Crippen LogP contribution in [0.15, 0.2) is 42.5 Å². The molecule has 1 aliphatic rings. The summed E-state index contributed by atoms with van der Waals surface area (Å²) in [6.45, 7) is 7.43. The van der Waals surface area contributed by atoms with Crippen molar-refractivity contribution in [3.05, 3.63) is 53.6 Å². The summed E-state index contributed by atoms with van der Waals surface area (Å²) in [5.41, 5.74) is 2.19. The standard InChI is InChI=1S/C23H28N2O4S/c1-14-21(30)24-19-13-16(8-11-20(19)28-14)18(25-22(26)29-23(2,3)4)12-15-6-9-17(27-5)10-7-15/h6-11,13-14,18H,12H2,1-5H3,(H,24,30)(H,25,26). The molecule has 0 spiro atoms. The Kier molecular flexibility index (Phi) is 6.51. The predicted molar refractivity (Wildman–Crippen MR) is 122 cm³/mol. The van der Waals surface area contributed by atoms with Crippen molar-refractivity contribution in [3.63, 3.8) is 0 Å². The number of methoxy groups -OCH3 is 1. The average molecular weight is 429 g/mol. The number of carbonyl (C=O) groups excluding carboxylic acids is 1. The Balaban J connectivity index is 1.87. The highest BCUT2D eigenvalue weighted by Crippen LogP contribution is 2.33. The highest BCUT2D eigenvalue weighted by molar-refractivity contribution is 7.80. The third-order valence-corrected chi connectivity index (χ3v) is 5.06. The number of fused-ring (bicyclic) bond motifs is 1. The average Bonchev–Trinajstić information content (AvgIpc) is 2.67. The first kappa shape index (κ1) is 21.9. The van der Waals surface area contributed by atoms with Gasteiger partial charge in [-0.05, 0) is 69.5 Å². The summed E-state index contributed by atoms with van der Waals surface area (Å²) in [5.74, 6) is 1.52. The number of alkyl carbamates (subject to hydrolysis) is 1. The van der Waals surface area contributed by atoms with Gasteiger partial charge in [0, 0.05) is 0 Å². The highest BCUT2D eigenvalue weighted by Gasteiger charge is 2.24. The summed E-state index contributed by atoms with van der Waals surface area (Å²) >= 11 is 5.33. The summed E-state index contributed by atoms with van der Waals surface area (Å²) in [4.78, 5) is 13.1. The van der Waals surface area contributed by atoms with Gasteiger partial charge in [0.2, 0.25) is 0 Å². The minimum Gasteiger partial charge on any atom is -0.497 e. The molecule has 0 radical (unpaired) electrons. The first-order valence-electron chi connectivity index (χ1n) is 9.88. The Morgan fingerprint density at radius 1 is 1.23 bits per heavy atom. The van der Waals surface area contributed by atoms with Gasteiger partial charge in [0.1, 0.15) is 28.2 Å². The van der Waals surface area contributed by atoms with E-state index in [1.54, 1.807) is 7.11 Å². The molecule has 0 fully saturated rings. The van der Waals surface area contributed by atoms with Crippen LogP contribution in [0.1, 0.15) is 44.9 Å². The van der Waals surface area contributed by atoms with Crippen molar-refractivity contribution in [1.29, 1.82) is 0 Å². The Morgan fingerprint density at radius 3 is 2.57 bits per heavy atom. The molecule has 1 aliphatic heterocycles. The fourth-order valence-electron chi connectivity index (χ4n) is 3.14. The van der Waals surface area contributed by atoms with E-state index in [1.165, 1.54) is 0 Å². The maximum Gasteiger partial charge on any atom is 0.408 e. The number of ether oxygens (including phenoxy) is 3. The normalized spacial score (nSPS) is 16.6. The van der Waals surface area contributed by atoms with E-state index in [0.717, 1.165) is 28.3 Å². The Morgan fingerprint density at radius 2 is 1.93 bits per heavy atom. The van der Waals surface area contributed by atoms with Gasteiger partial charge in [-0.2, -0.15) is 0 Å². The third kappa shape index (κ3) is 5.63. The van der Waals surface area contributed by atoms with Crippen molar-refractivity contribution < 1.29 is 19.0 Å². The number of benzene rings is 2. The van der Waals surface area contributed by atoms with Gasteiger partial charge in [0.15, 0.2) is 0 Å². The fourth-order valence-corrected chi connectivity index (χ4v) is 3.30. The third-order valence-electron chi connectivity index (χ3n) is 4.63. The lowest BCUT2D eigenvalue weighted by molar-refractivity contribution is 0.0503. The van der Waals surface area contributed by atoms with Gasteiger partial charge in [-0.3, -0.25) is 0 Å². The van der Waals surface area contributed by atoms with Crippen LogP contribution in [-0.4, -0.2) is 29.9 Å². The first-order valence-corrected chi connectivity index (χ1v) is 10.3. The van der Waals surface area contributed by atoms with Crippen LogP contribution >= 0.6 is 12.2 Å². The highest BCUT2D eigenvalue weighted by atomic mass is 32.1. The van der Waals surface area contributed by atoms with Crippen molar-refractivity contribution >= 4 is 29.0 Å². The molecule has 30 heavy (non-hydrogen) atoms. The molecule has 0 saturated heterocycles. The number of amides is 1. The zero-order valence-corrected chi connectivity index (χ0v) is 18.8. The zero-order valence-electron chi connectivity index (χ0n) is 17.9. The van der Waals surface area contributed by atoms with Crippen molar-refractivity contribution in [3.8, 4) is 11.5 Å². The summed E-state index contributed by atoms with van der Waals surface area (Å²) in [6.07, 6.45) is -0.0515. The lowest BCUT2D eigenvalue weighted by Crippen LogP contribution is -2.36. The number of hydrogen-bond acceptors (Lipinski definition) is 5. The van der Waals surface area contributed by atoms with Gasteiger partial charge < -0.3 is 24.8 Å². The molecule has 0 aliphatic carbocycles. The smallest absolute Gasteiger partial charge is 0.408 e. The first-order chi connectivity index (χ1) is 14.1. The van der Waals surface area contributed by atoms with Crippen LogP contribution < -0.4 is 20.1 Å². The van der Waals surface area contributed by atoms with Crippen LogP contribution in [0, 0.1) is 0 Å². The molecule has 0 aromatic heterocycles. The molecule has 2 aromatic rings. The topological polar surface area (TPSA) is 68.8 Å².